The van der Waals surface area contributed by atoms with Crippen molar-refractivity contribution < 1.29 is 0 Å². The predicted octanol–water partition coefficient (Wildman–Crippen LogP) is 2.83. The number of aromatic nitrogens is 4. The van der Waals surface area contributed by atoms with Gasteiger partial charge in [-0.05, 0) is 6.92 Å². The second kappa shape index (κ2) is 4.91. The minimum Gasteiger partial charge on any atom is -0.282 e. The highest BCUT2D eigenvalue weighted by Gasteiger charge is 2.13. The van der Waals surface area contributed by atoms with Gasteiger partial charge in [0.15, 0.2) is 5.13 Å². The van der Waals surface area contributed by atoms with Gasteiger partial charge in [0, 0.05) is 17.8 Å². The Balaban J connectivity index is 1.99. The molecule has 5 nitrogen and oxygen atoms in total. The van der Waals surface area contributed by atoms with E-state index in [0.717, 1.165) is 26.4 Å². The Hall–Kier alpha value is -2.04. The third kappa shape index (κ3) is 2.28. The number of nitriles is 1. The maximum Gasteiger partial charge on any atom is 0.195 e. The van der Waals surface area contributed by atoms with Gasteiger partial charge in [-0.25, -0.2) is 15.0 Å². The molecule has 3 aromatic heterocycles. The highest BCUT2D eigenvalue weighted by Crippen LogP contribution is 2.32. The van der Waals surface area contributed by atoms with Crippen molar-refractivity contribution in [3.8, 4) is 21.8 Å². The predicted molar refractivity (Wildman–Crippen MR) is 74.4 cm³/mol. The van der Waals surface area contributed by atoms with E-state index >= 15 is 0 Å². The lowest BCUT2D eigenvalue weighted by atomic mass is 10.3. The van der Waals surface area contributed by atoms with E-state index in [1.165, 1.54) is 11.3 Å². The Kier molecular flexibility index (Phi) is 3.11. The van der Waals surface area contributed by atoms with Crippen LogP contribution in [0.3, 0.4) is 0 Å². The van der Waals surface area contributed by atoms with Gasteiger partial charge in [0.05, 0.1) is 28.8 Å². The van der Waals surface area contributed by atoms with Crippen molar-refractivity contribution in [2.75, 3.05) is 0 Å². The lowest BCUT2D eigenvalue weighted by Crippen LogP contribution is -1.87. The average Bonchev–Trinajstić information content (AvgIpc) is 3.08. The lowest BCUT2D eigenvalue weighted by Gasteiger charge is -1.91. The highest BCUT2D eigenvalue weighted by atomic mass is 32.1. The summed E-state index contributed by atoms with van der Waals surface area (Å²) in [6, 6.07) is 2.11. The molecule has 0 N–H and O–H groups in total. The van der Waals surface area contributed by atoms with Crippen molar-refractivity contribution in [2.24, 2.45) is 0 Å². The Morgan fingerprint density at radius 3 is 3.05 bits per heavy atom. The van der Waals surface area contributed by atoms with Gasteiger partial charge < -0.3 is 0 Å². The second-order valence-electron chi connectivity index (χ2n) is 3.84. The van der Waals surface area contributed by atoms with E-state index in [2.05, 4.69) is 21.0 Å². The molecule has 0 unspecified atom stereocenters. The number of thiazole rings is 2. The molecule has 94 valence electrons. The second-order valence-corrected chi connectivity index (χ2v) is 5.76. The van der Waals surface area contributed by atoms with Gasteiger partial charge in [0.2, 0.25) is 0 Å². The fourth-order valence-electron chi connectivity index (χ4n) is 1.67. The van der Waals surface area contributed by atoms with Crippen LogP contribution in [0.5, 0.6) is 0 Å². The zero-order chi connectivity index (χ0) is 13.2. The van der Waals surface area contributed by atoms with Crippen LogP contribution in [0.4, 0.5) is 0 Å². The van der Waals surface area contributed by atoms with Crippen LogP contribution in [0.2, 0.25) is 0 Å². The molecule has 0 aliphatic heterocycles. The Bertz CT molecular complexity index is 733. The molecule has 0 aliphatic carbocycles. The van der Waals surface area contributed by atoms with Crippen molar-refractivity contribution in [1.82, 2.24) is 19.5 Å². The molecule has 3 heterocycles. The summed E-state index contributed by atoms with van der Waals surface area (Å²) in [6.07, 6.45) is 5.68. The molecule has 0 atom stereocenters. The quantitative estimate of drug-likeness (QED) is 0.743. The Morgan fingerprint density at radius 2 is 2.32 bits per heavy atom. The molecule has 0 radical (unpaired) electrons. The number of aryl methyl sites for hydroxylation is 1. The van der Waals surface area contributed by atoms with Crippen molar-refractivity contribution in [2.45, 2.75) is 13.3 Å². The molecule has 0 fully saturated rings. The van der Waals surface area contributed by atoms with Crippen molar-refractivity contribution >= 4 is 22.7 Å². The molecule has 0 aromatic carbocycles. The molecule has 7 heteroatoms. The van der Waals surface area contributed by atoms with Gasteiger partial charge in [-0.3, -0.25) is 4.57 Å². The minimum absolute atomic E-state index is 0.358. The monoisotopic (exact) mass is 287 g/mol. The third-order valence-corrected chi connectivity index (χ3v) is 4.57. The average molecular weight is 287 g/mol. The molecule has 0 amide bonds. The summed E-state index contributed by atoms with van der Waals surface area (Å²) in [4.78, 5) is 14.1. The fourth-order valence-corrected chi connectivity index (χ4v) is 3.44. The minimum atomic E-state index is 0.358. The van der Waals surface area contributed by atoms with Gasteiger partial charge in [0.25, 0.3) is 0 Å². The summed E-state index contributed by atoms with van der Waals surface area (Å²) in [5.41, 5.74) is 1.85. The van der Waals surface area contributed by atoms with E-state index < -0.39 is 0 Å². The Labute approximate surface area is 117 Å². The standard InChI is InChI=1S/C12H9N5S2/c1-8-11(9-6-18-10(16-9)2-3-13)19-12(15-8)17-5-4-14-7-17/h4-7H,2H2,1H3. The number of nitrogens with zero attached hydrogens (tertiary/aromatic N) is 5. The lowest BCUT2D eigenvalue weighted by molar-refractivity contribution is 1.02. The van der Waals surface area contributed by atoms with E-state index in [1.54, 1.807) is 23.9 Å². The Morgan fingerprint density at radius 1 is 1.42 bits per heavy atom. The normalized spacial score (nSPS) is 10.5. The molecular formula is C12H9N5S2. The number of hydrogen-bond acceptors (Lipinski definition) is 6. The van der Waals surface area contributed by atoms with E-state index in [4.69, 9.17) is 5.26 Å². The number of rotatable bonds is 3. The number of hydrogen-bond donors (Lipinski definition) is 0. The molecule has 0 bridgehead atoms. The molecule has 0 saturated heterocycles. The highest BCUT2D eigenvalue weighted by molar-refractivity contribution is 7.18. The number of imidazole rings is 1. The first-order chi connectivity index (χ1) is 9.28. The molecule has 19 heavy (non-hydrogen) atoms. The van der Waals surface area contributed by atoms with E-state index in [1.807, 2.05) is 23.1 Å². The van der Waals surface area contributed by atoms with Crippen LogP contribution < -0.4 is 0 Å². The van der Waals surface area contributed by atoms with Crippen LogP contribution in [0.1, 0.15) is 10.7 Å². The zero-order valence-corrected chi connectivity index (χ0v) is 11.7. The molecule has 3 aromatic rings. The van der Waals surface area contributed by atoms with Crippen LogP contribution in [0.25, 0.3) is 15.7 Å². The maximum absolute atomic E-state index is 8.68. The molecule has 0 aliphatic rings. The van der Waals surface area contributed by atoms with Gasteiger partial charge in [-0.1, -0.05) is 11.3 Å². The summed E-state index contributed by atoms with van der Waals surface area (Å²) in [6.45, 7) is 1.97. The van der Waals surface area contributed by atoms with Crippen molar-refractivity contribution in [1.29, 1.82) is 5.26 Å². The summed E-state index contributed by atoms with van der Waals surface area (Å²) in [7, 11) is 0. The first-order valence-electron chi connectivity index (χ1n) is 5.55. The van der Waals surface area contributed by atoms with Crippen LogP contribution >= 0.6 is 22.7 Å². The van der Waals surface area contributed by atoms with Crippen LogP contribution in [-0.4, -0.2) is 19.5 Å². The van der Waals surface area contributed by atoms with E-state index in [-0.39, 0.29) is 0 Å². The molecule has 0 spiro atoms. The van der Waals surface area contributed by atoms with Crippen molar-refractivity contribution in [3.05, 3.63) is 34.8 Å². The third-order valence-electron chi connectivity index (χ3n) is 2.53. The summed E-state index contributed by atoms with van der Waals surface area (Å²) < 4.78 is 1.88. The first-order valence-corrected chi connectivity index (χ1v) is 7.25. The topological polar surface area (TPSA) is 67.4 Å². The van der Waals surface area contributed by atoms with Gasteiger partial charge in [0.1, 0.15) is 11.3 Å². The molecule has 3 rings (SSSR count). The molecular weight excluding hydrogens is 278 g/mol. The maximum atomic E-state index is 8.68. The van der Waals surface area contributed by atoms with Crippen LogP contribution in [0.15, 0.2) is 24.1 Å². The smallest absolute Gasteiger partial charge is 0.195 e. The first kappa shape index (κ1) is 12.0. The SMILES string of the molecule is Cc1nc(-n2ccnc2)sc1-c1csc(CC#N)n1. The van der Waals surface area contributed by atoms with Gasteiger partial charge in [-0.15, -0.1) is 11.3 Å². The summed E-state index contributed by atoms with van der Waals surface area (Å²) >= 11 is 3.09. The van der Waals surface area contributed by atoms with Gasteiger partial charge in [-0.2, -0.15) is 5.26 Å². The van der Waals surface area contributed by atoms with Crippen molar-refractivity contribution in [3.63, 3.8) is 0 Å². The molecule has 0 saturated carbocycles. The van der Waals surface area contributed by atoms with Crippen LogP contribution in [-0.2, 0) is 6.42 Å². The van der Waals surface area contributed by atoms with Gasteiger partial charge >= 0.3 is 0 Å². The largest absolute Gasteiger partial charge is 0.282 e. The fraction of sp³-hybridized carbons (Fsp3) is 0.167. The zero-order valence-electron chi connectivity index (χ0n) is 10.1. The van der Waals surface area contributed by atoms with E-state index in [0.29, 0.717) is 6.42 Å². The van der Waals surface area contributed by atoms with Crippen LogP contribution in [0, 0.1) is 18.3 Å². The summed E-state index contributed by atoms with van der Waals surface area (Å²) in [5, 5.41) is 12.4. The summed E-state index contributed by atoms with van der Waals surface area (Å²) in [5.74, 6) is 0. The van der Waals surface area contributed by atoms with E-state index in [9.17, 15) is 0 Å².